The summed E-state index contributed by atoms with van der Waals surface area (Å²) in [6, 6.07) is 0.162. The second kappa shape index (κ2) is 3.51. The molecule has 4 nitrogen and oxygen atoms in total. The summed E-state index contributed by atoms with van der Waals surface area (Å²) in [7, 11) is 0. The number of carbonyl (C=O) groups excluding carboxylic acids is 1. The van der Waals surface area contributed by atoms with Gasteiger partial charge in [0.25, 0.3) is 0 Å². The maximum atomic E-state index is 11.5. The van der Waals surface area contributed by atoms with Crippen molar-refractivity contribution in [3.8, 4) is 0 Å². The highest BCUT2D eigenvalue weighted by molar-refractivity contribution is 5.79. The molecule has 4 heteroatoms. The van der Waals surface area contributed by atoms with Crippen LogP contribution < -0.4 is 0 Å². The zero-order valence-electron chi connectivity index (χ0n) is 8.64. The third-order valence-electron chi connectivity index (χ3n) is 3.10. The van der Waals surface area contributed by atoms with E-state index in [9.17, 15) is 9.90 Å². The van der Waals surface area contributed by atoms with Gasteiger partial charge in [-0.1, -0.05) is 0 Å². The second-order valence-corrected chi connectivity index (χ2v) is 4.36. The lowest BCUT2D eigenvalue weighted by atomic mass is 10.1. The Morgan fingerprint density at radius 2 is 2.21 bits per heavy atom. The molecule has 0 aliphatic carbocycles. The number of rotatable bonds is 1. The molecular formula is C10H17NO3. The fourth-order valence-electron chi connectivity index (χ4n) is 2.46. The third kappa shape index (κ3) is 1.64. The number of aliphatic hydroxyl groups is 1. The quantitative estimate of drug-likeness (QED) is 0.653. The van der Waals surface area contributed by atoms with E-state index in [4.69, 9.17) is 4.74 Å². The Kier molecular flexibility index (Phi) is 2.49. The Morgan fingerprint density at radius 1 is 1.50 bits per heavy atom. The Balaban J connectivity index is 2.05. The van der Waals surface area contributed by atoms with E-state index in [0.717, 1.165) is 6.42 Å². The summed E-state index contributed by atoms with van der Waals surface area (Å²) in [6.07, 6.45) is 1.00. The maximum absolute atomic E-state index is 11.5. The average molecular weight is 199 g/mol. The van der Waals surface area contributed by atoms with E-state index in [1.807, 2.05) is 13.8 Å². The van der Waals surface area contributed by atoms with Crippen LogP contribution in [0.25, 0.3) is 0 Å². The Hall–Kier alpha value is -0.610. The van der Waals surface area contributed by atoms with E-state index >= 15 is 0 Å². The molecule has 0 radical (unpaired) electrons. The molecule has 2 rings (SSSR count). The summed E-state index contributed by atoms with van der Waals surface area (Å²) < 4.78 is 5.59. The van der Waals surface area contributed by atoms with Crippen molar-refractivity contribution in [3.63, 3.8) is 0 Å². The number of β-amino-alcohol motifs (C(OH)–C–C–N with tert-alkyl or cyclic N) is 1. The molecule has 2 aliphatic heterocycles. The van der Waals surface area contributed by atoms with Crippen LogP contribution in [0.2, 0.25) is 0 Å². The molecule has 2 aliphatic rings. The minimum absolute atomic E-state index is 0.0621. The molecule has 0 aromatic heterocycles. The van der Waals surface area contributed by atoms with Crippen molar-refractivity contribution < 1.29 is 14.6 Å². The van der Waals surface area contributed by atoms with E-state index in [-0.39, 0.29) is 30.6 Å². The van der Waals surface area contributed by atoms with Gasteiger partial charge in [-0.15, -0.1) is 0 Å². The van der Waals surface area contributed by atoms with Crippen molar-refractivity contribution >= 4 is 5.91 Å². The number of likely N-dealkylation sites (tertiary alicyclic amines) is 1. The number of amides is 1. The molecule has 14 heavy (non-hydrogen) atoms. The molecule has 2 fully saturated rings. The molecule has 0 bridgehead atoms. The van der Waals surface area contributed by atoms with Gasteiger partial charge in [-0.05, 0) is 20.3 Å². The topological polar surface area (TPSA) is 49.8 Å². The van der Waals surface area contributed by atoms with Crippen molar-refractivity contribution in [2.24, 2.45) is 0 Å². The summed E-state index contributed by atoms with van der Waals surface area (Å²) in [6.45, 7) is 4.49. The zero-order valence-corrected chi connectivity index (χ0v) is 8.64. The van der Waals surface area contributed by atoms with Gasteiger partial charge in [0.1, 0.15) is 0 Å². The van der Waals surface area contributed by atoms with Gasteiger partial charge in [0.15, 0.2) is 0 Å². The number of hydrogen-bond acceptors (Lipinski definition) is 3. The van der Waals surface area contributed by atoms with Gasteiger partial charge in [0.05, 0.1) is 30.8 Å². The summed E-state index contributed by atoms with van der Waals surface area (Å²) in [5.41, 5.74) is 0. The minimum atomic E-state index is -0.481. The lowest BCUT2D eigenvalue weighted by Crippen LogP contribution is -2.41. The van der Waals surface area contributed by atoms with Crippen molar-refractivity contribution in [1.82, 2.24) is 4.90 Å². The number of ether oxygens (including phenoxy) is 1. The monoisotopic (exact) mass is 199 g/mol. The minimum Gasteiger partial charge on any atom is -0.391 e. The molecular weight excluding hydrogens is 182 g/mol. The van der Waals surface area contributed by atoms with Crippen LogP contribution >= 0.6 is 0 Å². The van der Waals surface area contributed by atoms with Crippen LogP contribution in [-0.2, 0) is 9.53 Å². The summed E-state index contributed by atoms with van der Waals surface area (Å²) in [5.74, 6) is 0.0621. The van der Waals surface area contributed by atoms with Gasteiger partial charge in [-0.3, -0.25) is 4.79 Å². The van der Waals surface area contributed by atoms with Gasteiger partial charge >= 0.3 is 0 Å². The van der Waals surface area contributed by atoms with Crippen LogP contribution in [0.4, 0.5) is 0 Å². The van der Waals surface area contributed by atoms with E-state index in [2.05, 4.69) is 0 Å². The smallest absolute Gasteiger partial charge is 0.225 e. The molecule has 0 aromatic carbocycles. The predicted molar refractivity (Wildman–Crippen MR) is 50.8 cm³/mol. The van der Waals surface area contributed by atoms with Crippen molar-refractivity contribution in [2.45, 2.75) is 51.0 Å². The standard InChI is InChI=1S/C10H17NO3/c1-6-3-9(7(2)14-6)11-5-8(12)4-10(11)13/h6-9,12H,3-5H2,1-2H3. The molecule has 0 aromatic rings. The van der Waals surface area contributed by atoms with Crippen LogP contribution in [0.15, 0.2) is 0 Å². The first-order valence-corrected chi connectivity index (χ1v) is 5.21. The van der Waals surface area contributed by atoms with Crippen molar-refractivity contribution in [1.29, 1.82) is 0 Å². The zero-order chi connectivity index (χ0) is 10.3. The highest BCUT2D eigenvalue weighted by Gasteiger charge is 2.40. The molecule has 1 N–H and O–H groups in total. The Bertz CT molecular complexity index is 244. The molecule has 2 saturated heterocycles. The maximum Gasteiger partial charge on any atom is 0.225 e. The number of carbonyl (C=O) groups is 1. The molecule has 80 valence electrons. The average Bonchev–Trinajstić information content (AvgIpc) is 2.55. The largest absolute Gasteiger partial charge is 0.391 e. The Morgan fingerprint density at radius 3 is 2.64 bits per heavy atom. The molecule has 0 spiro atoms. The molecule has 4 unspecified atom stereocenters. The number of aliphatic hydroxyl groups excluding tert-OH is 1. The molecule has 4 atom stereocenters. The van der Waals surface area contributed by atoms with Gasteiger partial charge in [-0.25, -0.2) is 0 Å². The first-order chi connectivity index (χ1) is 6.58. The van der Waals surface area contributed by atoms with Crippen LogP contribution in [-0.4, -0.2) is 46.8 Å². The first kappa shape index (κ1) is 9.93. The van der Waals surface area contributed by atoms with E-state index in [0.29, 0.717) is 6.54 Å². The summed E-state index contributed by atoms with van der Waals surface area (Å²) in [4.78, 5) is 13.3. The van der Waals surface area contributed by atoms with Gasteiger partial charge in [0, 0.05) is 6.54 Å². The SMILES string of the molecule is CC1CC(N2CC(O)CC2=O)C(C)O1. The summed E-state index contributed by atoms with van der Waals surface area (Å²) >= 11 is 0. The van der Waals surface area contributed by atoms with Gasteiger partial charge in [-0.2, -0.15) is 0 Å². The van der Waals surface area contributed by atoms with Crippen molar-refractivity contribution in [3.05, 3.63) is 0 Å². The van der Waals surface area contributed by atoms with Gasteiger partial charge in [0.2, 0.25) is 5.91 Å². The van der Waals surface area contributed by atoms with E-state index in [1.54, 1.807) is 4.90 Å². The van der Waals surface area contributed by atoms with Gasteiger partial charge < -0.3 is 14.7 Å². The highest BCUT2D eigenvalue weighted by Crippen LogP contribution is 2.27. The van der Waals surface area contributed by atoms with Crippen molar-refractivity contribution in [2.75, 3.05) is 6.54 Å². The number of hydrogen-bond donors (Lipinski definition) is 1. The second-order valence-electron chi connectivity index (χ2n) is 4.36. The van der Waals surface area contributed by atoms with E-state index < -0.39 is 6.10 Å². The fraction of sp³-hybridized carbons (Fsp3) is 0.900. The van der Waals surface area contributed by atoms with E-state index in [1.165, 1.54) is 0 Å². The summed E-state index contributed by atoms with van der Waals surface area (Å²) in [5, 5.41) is 9.38. The third-order valence-corrected chi connectivity index (χ3v) is 3.10. The number of nitrogens with zero attached hydrogens (tertiary/aromatic N) is 1. The molecule has 1 amide bonds. The Labute approximate surface area is 83.8 Å². The first-order valence-electron chi connectivity index (χ1n) is 5.21. The molecule has 0 saturated carbocycles. The lowest BCUT2D eigenvalue weighted by Gasteiger charge is -2.26. The van der Waals surface area contributed by atoms with Crippen LogP contribution in [0.3, 0.4) is 0 Å². The van der Waals surface area contributed by atoms with Crippen LogP contribution in [0.1, 0.15) is 26.7 Å². The normalized spacial score (nSPS) is 43.6. The highest BCUT2D eigenvalue weighted by atomic mass is 16.5. The fourth-order valence-corrected chi connectivity index (χ4v) is 2.46. The predicted octanol–water partition coefficient (Wildman–Crippen LogP) is 0.146. The molecule has 2 heterocycles. The van der Waals surface area contributed by atoms with Crippen LogP contribution in [0.5, 0.6) is 0 Å². The lowest BCUT2D eigenvalue weighted by molar-refractivity contribution is -0.130. The van der Waals surface area contributed by atoms with Crippen LogP contribution in [0, 0.1) is 0 Å².